The minimum Gasteiger partial charge on any atom is -0.481 e. The number of carboxylic acids is 1. The Morgan fingerprint density at radius 3 is 2.82 bits per heavy atom. The summed E-state index contributed by atoms with van der Waals surface area (Å²) in [5.74, 6) is 0.244. The molecule has 2 aromatic rings. The van der Waals surface area contributed by atoms with Gasteiger partial charge in [-0.2, -0.15) is 0 Å². The molecule has 1 aromatic heterocycles. The Labute approximate surface area is 133 Å². The summed E-state index contributed by atoms with van der Waals surface area (Å²) in [6.45, 7) is 1.95. The zero-order valence-electron chi connectivity index (χ0n) is 12.2. The van der Waals surface area contributed by atoms with E-state index in [0.717, 1.165) is 35.4 Å². The Morgan fingerprint density at radius 2 is 2.18 bits per heavy atom. The number of halogens is 1. The summed E-state index contributed by atoms with van der Waals surface area (Å²) >= 11 is 5.93. The molecule has 0 radical (unpaired) electrons. The summed E-state index contributed by atoms with van der Waals surface area (Å²) in [5.41, 5.74) is 2.21. The van der Waals surface area contributed by atoms with Gasteiger partial charge in [-0.3, -0.25) is 4.79 Å². The molecule has 1 aromatic carbocycles. The molecule has 1 saturated carbocycles. The molecule has 0 spiro atoms. The van der Waals surface area contributed by atoms with Crippen LogP contribution in [0.3, 0.4) is 0 Å². The molecule has 0 amide bonds. The molecule has 0 aliphatic heterocycles. The maximum atomic E-state index is 11.7. The first-order valence-corrected chi connectivity index (χ1v) is 7.95. The molecule has 4 rings (SSSR count). The Kier molecular flexibility index (Phi) is 2.89. The predicted molar refractivity (Wildman–Crippen MR) is 81.9 cm³/mol. The van der Waals surface area contributed by atoms with Crippen LogP contribution in [0, 0.1) is 11.3 Å². The van der Waals surface area contributed by atoms with Gasteiger partial charge in [0.2, 0.25) is 0 Å². The van der Waals surface area contributed by atoms with Crippen molar-refractivity contribution < 1.29 is 14.4 Å². The molecule has 1 N–H and O–H groups in total. The van der Waals surface area contributed by atoms with Crippen molar-refractivity contribution in [1.29, 1.82) is 0 Å². The van der Waals surface area contributed by atoms with Crippen molar-refractivity contribution >= 4 is 17.6 Å². The Hall–Kier alpha value is -1.81. The minimum absolute atomic E-state index is 0.0210. The first kappa shape index (κ1) is 13.8. The maximum Gasteiger partial charge on any atom is 0.310 e. The highest BCUT2D eigenvalue weighted by Gasteiger charge is 2.72. The van der Waals surface area contributed by atoms with Crippen molar-refractivity contribution in [2.75, 3.05) is 0 Å². The zero-order chi connectivity index (χ0) is 15.5. The number of carboxylic acid groups (broad SMARTS) is 1. The molecule has 22 heavy (non-hydrogen) atoms. The number of hydrogen-bond donors (Lipinski definition) is 1. The number of nitrogens with zero attached hydrogens (tertiary/aromatic N) is 1. The van der Waals surface area contributed by atoms with Gasteiger partial charge in [0.15, 0.2) is 0 Å². The Bertz CT molecular complexity index is 752. The molecule has 114 valence electrons. The normalized spacial score (nSPS) is 28.8. The van der Waals surface area contributed by atoms with Gasteiger partial charge in [-0.15, -0.1) is 0 Å². The van der Waals surface area contributed by atoms with E-state index in [4.69, 9.17) is 16.1 Å². The highest BCUT2D eigenvalue weighted by atomic mass is 35.5. The molecular formula is C17H16ClNO3. The molecule has 1 heterocycles. The highest BCUT2D eigenvalue weighted by molar-refractivity contribution is 6.30. The van der Waals surface area contributed by atoms with E-state index in [1.165, 1.54) is 0 Å². The van der Waals surface area contributed by atoms with Crippen LogP contribution in [0.1, 0.15) is 37.0 Å². The summed E-state index contributed by atoms with van der Waals surface area (Å²) in [6.07, 6.45) is 2.35. The van der Waals surface area contributed by atoms with E-state index in [1.807, 2.05) is 31.2 Å². The maximum absolute atomic E-state index is 11.7. The van der Waals surface area contributed by atoms with E-state index in [9.17, 15) is 9.90 Å². The van der Waals surface area contributed by atoms with E-state index in [1.54, 1.807) is 0 Å². The molecule has 1 fully saturated rings. The van der Waals surface area contributed by atoms with Gasteiger partial charge in [-0.05, 0) is 37.3 Å². The first-order chi connectivity index (χ1) is 10.6. The summed E-state index contributed by atoms with van der Waals surface area (Å²) in [6, 6.07) is 7.50. The largest absolute Gasteiger partial charge is 0.481 e. The van der Waals surface area contributed by atoms with Crippen molar-refractivity contribution in [3.63, 3.8) is 0 Å². The molecule has 5 heteroatoms. The molecular weight excluding hydrogens is 302 g/mol. The molecule has 2 aliphatic carbocycles. The molecule has 0 saturated heterocycles. The smallest absolute Gasteiger partial charge is 0.310 e. The monoisotopic (exact) mass is 317 g/mol. The number of hydrogen-bond acceptors (Lipinski definition) is 3. The predicted octanol–water partition coefficient (Wildman–Crippen LogP) is 4.14. The zero-order valence-corrected chi connectivity index (χ0v) is 12.9. The fraction of sp³-hybridized carbons (Fsp3) is 0.412. The minimum atomic E-state index is -0.706. The second-order valence-electron chi connectivity index (χ2n) is 6.20. The summed E-state index contributed by atoms with van der Waals surface area (Å²) in [5, 5.41) is 14.5. The lowest BCUT2D eigenvalue weighted by molar-refractivity contribution is -0.144. The molecule has 2 aliphatic rings. The number of fused-ring (bicyclic) bond motifs is 3. The van der Waals surface area contributed by atoms with Gasteiger partial charge in [-0.1, -0.05) is 35.8 Å². The van der Waals surface area contributed by atoms with Crippen LogP contribution in [-0.2, 0) is 11.2 Å². The van der Waals surface area contributed by atoms with Crippen LogP contribution in [0.2, 0.25) is 5.02 Å². The van der Waals surface area contributed by atoms with Gasteiger partial charge in [-0.25, -0.2) is 0 Å². The third-order valence-electron chi connectivity index (χ3n) is 5.42. The Balaban J connectivity index is 1.77. The number of benzene rings is 1. The molecule has 0 bridgehead atoms. The SMILES string of the molecule is CCC1(C(=O)O)C2CCc3c(-c4ccc(Cl)cc4)noc3C21. The lowest BCUT2D eigenvalue weighted by Crippen LogP contribution is -2.17. The van der Waals surface area contributed by atoms with Crippen molar-refractivity contribution in [2.24, 2.45) is 11.3 Å². The Morgan fingerprint density at radius 1 is 1.45 bits per heavy atom. The van der Waals surface area contributed by atoms with Crippen LogP contribution >= 0.6 is 11.6 Å². The number of aromatic nitrogens is 1. The lowest BCUT2D eigenvalue weighted by Gasteiger charge is -2.08. The van der Waals surface area contributed by atoms with Crippen molar-refractivity contribution in [3.05, 3.63) is 40.6 Å². The third-order valence-corrected chi connectivity index (χ3v) is 5.67. The second kappa shape index (κ2) is 4.59. The van der Waals surface area contributed by atoms with Gasteiger partial charge in [0.05, 0.1) is 5.41 Å². The first-order valence-electron chi connectivity index (χ1n) is 7.57. The lowest BCUT2D eigenvalue weighted by atomic mass is 9.94. The summed E-state index contributed by atoms with van der Waals surface area (Å²) < 4.78 is 5.59. The van der Waals surface area contributed by atoms with Crippen LogP contribution in [0.15, 0.2) is 28.8 Å². The average Bonchev–Trinajstić information content (AvgIpc) is 3.01. The quantitative estimate of drug-likeness (QED) is 0.924. The second-order valence-corrected chi connectivity index (χ2v) is 6.64. The van der Waals surface area contributed by atoms with Crippen LogP contribution in [0.25, 0.3) is 11.3 Å². The van der Waals surface area contributed by atoms with Gasteiger partial charge in [0.1, 0.15) is 11.5 Å². The van der Waals surface area contributed by atoms with E-state index < -0.39 is 11.4 Å². The molecule has 4 nitrogen and oxygen atoms in total. The molecule has 3 unspecified atom stereocenters. The van der Waals surface area contributed by atoms with E-state index in [-0.39, 0.29) is 11.8 Å². The van der Waals surface area contributed by atoms with Crippen molar-refractivity contribution in [2.45, 2.75) is 32.1 Å². The van der Waals surface area contributed by atoms with Gasteiger partial charge >= 0.3 is 5.97 Å². The third kappa shape index (κ3) is 1.64. The van der Waals surface area contributed by atoms with Gasteiger partial charge in [0.25, 0.3) is 0 Å². The highest BCUT2D eigenvalue weighted by Crippen LogP contribution is 2.71. The number of rotatable bonds is 3. The standard InChI is InChI=1S/C17H16ClNO3/c1-2-17(16(20)21)12-8-7-11-14(19-22-15(11)13(12)17)9-3-5-10(18)6-4-9/h3-6,12-13H,2,7-8H2,1H3,(H,20,21). The fourth-order valence-corrected chi connectivity index (χ4v) is 4.35. The number of aliphatic carboxylic acids is 1. The van der Waals surface area contributed by atoms with Crippen molar-refractivity contribution in [3.8, 4) is 11.3 Å². The van der Waals surface area contributed by atoms with Gasteiger partial charge < -0.3 is 9.63 Å². The summed E-state index contributed by atoms with van der Waals surface area (Å²) in [7, 11) is 0. The van der Waals surface area contributed by atoms with E-state index >= 15 is 0 Å². The van der Waals surface area contributed by atoms with Gasteiger partial charge in [0, 0.05) is 22.1 Å². The van der Waals surface area contributed by atoms with Crippen LogP contribution < -0.4 is 0 Å². The van der Waals surface area contributed by atoms with Crippen LogP contribution in [-0.4, -0.2) is 16.2 Å². The topological polar surface area (TPSA) is 63.3 Å². The van der Waals surface area contributed by atoms with Crippen LogP contribution in [0.5, 0.6) is 0 Å². The summed E-state index contributed by atoms with van der Waals surface area (Å²) in [4.78, 5) is 11.7. The fourth-order valence-electron chi connectivity index (χ4n) is 4.23. The van der Waals surface area contributed by atoms with E-state index in [2.05, 4.69) is 5.16 Å². The number of carbonyl (C=O) groups is 1. The average molecular weight is 318 g/mol. The molecule has 3 atom stereocenters. The van der Waals surface area contributed by atoms with Crippen molar-refractivity contribution in [1.82, 2.24) is 5.16 Å². The van der Waals surface area contributed by atoms with E-state index in [0.29, 0.717) is 11.4 Å². The van der Waals surface area contributed by atoms with Crippen LogP contribution in [0.4, 0.5) is 0 Å².